The maximum atomic E-state index is 13.6. The molecule has 0 saturated carbocycles. The van der Waals surface area contributed by atoms with Gasteiger partial charge in [0.2, 0.25) is 5.91 Å². The number of rotatable bonds is 6. The van der Waals surface area contributed by atoms with E-state index in [9.17, 15) is 9.18 Å². The maximum absolute atomic E-state index is 13.6. The quantitative estimate of drug-likeness (QED) is 0.580. The van der Waals surface area contributed by atoms with E-state index >= 15 is 0 Å². The van der Waals surface area contributed by atoms with E-state index in [1.807, 2.05) is 18.2 Å². The van der Waals surface area contributed by atoms with Crippen LogP contribution in [0.1, 0.15) is 0 Å². The van der Waals surface area contributed by atoms with Gasteiger partial charge in [0.05, 0.1) is 18.6 Å². The predicted molar refractivity (Wildman–Crippen MR) is 111 cm³/mol. The Bertz CT molecular complexity index is 1040. The van der Waals surface area contributed by atoms with Crippen molar-refractivity contribution in [2.45, 2.75) is 4.90 Å². The van der Waals surface area contributed by atoms with Crippen LogP contribution in [-0.2, 0) is 4.79 Å². The normalized spacial score (nSPS) is 12.5. The zero-order chi connectivity index (χ0) is 20.2. The summed E-state index contributed by atoms with van der Waals surface area (Å²) in [6.45, 7) is 1.06. The third-order valence-electron chi connectivity index (χ3n) is 4.07. The summed E-state index contributed by atoms with van der Waals surface area (Å²) in [6, 6.07) is 9.83. The Labute approximate surface area is 175 Å². The van der Waals surface area contributed by atoms with Crippen LogP contribution >= 0.6 is 23.1 Å². The van der Waals surface area contributed by atoms with Gasteiger partial charge in [-0.1, -0.05) is 0 Å². The van der Waals surface area contributed by atoms with Gasteiger partial charge in [-0.05, 0) is 36.4 Å². The first-order valence-electron chi connectivity index (χ1n) is 8.74. The fourth-order valence-corrected chi connectivity index (χ4v) is 4.20. The average molecular weight is 432 g/mol. The molecule has 0 bridgehead atoms. The summed E-state index contributed by atoms with van der Waals surface area (Å²) in [6.07, 6.45) is 0. The molecular formula is C20H17FN2O4S2. The predicted octanol–water partition coefficient (Wildman–Crippen LogP) is 4.46. The number of ether oxygens (including phenoxy) is 3. The van der Waals surface area contributed by atoms with Crippen molar-refractivity contribution in [1.82, 2.24) is 4.98 Å². The largest absolute Gasteiger partial charge is 0.496 e. The lowest BCUT2D eigenvalue weighted by Crippen LogP contribution is -2.15. The van der Waals surface area contributed by atoms with Crippen molar-refractivity contribution in [2.75, 3.05) is 31.4 Å². The average Bonchev–Trinajstić information content (AvgIpc) is 3.20. The molecule has 1 aromatic heterocycles. The second-order valence-electron chi connectivity index (χ2n) is 6.02. The molecule has 0 aliphatic carbocycles. The van der Waals surface area contributed by atoms with E-state index in [4.69, 9.17) is 14.2 Å². The van der Waals surface area contributed by atoms with Crippen LogP contribution < -0.4 is 19.5 Å². The van der Waals surface area contributed by atoms with Crippen LogP contribution in [0, 0.1) is 5.82 Å². The van der Waals surface area contributed by atoms with Gasteiger partial charge in [0.25, 0.3) is 0 Å². The van der Waals surface area contributed by atoms with Gasteiger partial charge in [-0.2, -0.15) is 0 Å². The van der Waals surface area contributed by atoms with Crippen LogP contribution in [0.5, 0.6) is 17.2 Å². The summed E-state index contributed by atoms with van der Waals surface area (Å²) in [7, 11) is 1.51. The smallest absolute Gasteiger partial charge is 0.236 e. The van der Waals surface area contributed by atoms with Crippen LogP contribution in [0.4, 0.5) is 9.52 Å². The standard InChI is InChI=1S/C20H17FN2O4S2/c1-25-16-4-2-12(21)8-14(16)15-10-29-20(22-15)23-19(24)11-28-13-3-5-17-18(9-13)27-7-6-26-17/h2-5,8-10H,6-7,11H2,1H3,(H,22,23,24). The number of thioether (sulfide) groups is 1. The molecule has 2 heterocycles. The Morgan fingerprint density at radius 3 is 2.90 bits per heavy atom. The van der Waals surface area contributed by atoms with Crippen molar-refractivity contribution in [2.24, 2.45) is 0 Å². The number of nitrogens with zero attached hydrogens (tertiary/aromatic N) is 1. The third kappa shape index (κ3) is 4.63. The number of methoxy groups -OCH3 is 1. The number of hydrogen-bond donors (Lipinski definition) is 1. The summed E-state index contributed by atoms with van der Waals surface area (Å²) in [5.74, 6) is 1.58. The zero-order valence-corrected chi connectivity index (χ0v) is 17.1. The summed E-state index contributed by atoms with van der Waals surface area (Å²) in [5, 5.41) is 4.97. The molecule has 1 aliphatic rings. The number of anilines is 1. The highest BCUT2D eigenvalue weighted by Crippen LogP contribution is 2.35. The van der Waals surface area contributed by atoms with Gasteiger partial charge in [0.1, 0.15) is 24.8 Å². The van der Waals surface area contributed by atoms with Crippen molar-refractivity contribution in [3.63, 3.8) is 0 Å². The highest BCUT2D eigenvalue weighted by molar-refractivity contribution is 8.00. The third-order valence-corrected chi connectivity index (χ3v) is 5.82. The first-order chi connectivity index (χ1) is 14.1. The van der Waals surface area contributed by atoms with Gasteiger partial charge in [-0.25, -0.2) is 9.37 Å². The topological polar surface area (TPSA) is 69.7 Å². The maximum Gasteiger partial charge on any atom is 0.236 e. The first-order valence-corrected chi connectivity index (χ1v) is 10.6. The second-order valence-corrected chi connectivity index (χ2v) is 7.93. The molecule has 2 aromatic carbocycles. The number of carbonyl (C=O) groups excluding carboxylic acids is 1. The second kappa shape index (κ2) is 8.71. The zero-order valence-electron chi connectivity index (χ0n) is 15.4. The number of aromatic nitrogens is 1. The lowest BCUT2D eigenvalue weighted by molar-refractivity contribution is -0.113. The highest BCUT2D eigenvalue weighted by atomic mass is 32.2. The Kier molecular flexibility index (Phi) is 5.86. The number of amides is 1. The lowest BCUT2D eigenvalue weighted by atomic mass is 10.1. The summed E-state index contributed by atoms with van der Waals surface area (Å²) in [4.78, 5) is 17.6. The lowest BCUT2D eigenvalue weighted by Gasteiger charge is -2.18. The molecule has 29 heavy (non-hydrogen) atoms. The number of fused-ring (bicyclic) bond motifs is 1. The molecule has 9 heteroatoms. The van der Waals surface area contributed by atoms with E-state index < -0.39 is 0 Å². The Morgan fingerprint density at radius 2 is 2.07 bits per heavy atom. The Hall–Kier alpha value is -2.78. The van der Waals surface area contributed by atoms with Crippen molar-refractivity contribution < 1.29 is 23.4 Å². The molecule has 6 nitrogen and oxygen atoms in total. The fraction of sp³-hybridized carbons (Fsp3) is 0.200. The summed E-state index contributed by atoms with van der Waals surface area (Å²) in [5.41, 5.74) is 1.08. The molecule has 1 aliphatic heterocycles. The van der Waals surface area contributed by atoms with Crippen molar-refractivity contribution in [3.05, 3.63) is 47.6 Å². The van der Waals surface area contributed by atoms with E-state index in [0.717, 1.165) is 4.90 Å². The van der Waals surface area contributed by atoms with Crippen molar-refractivity contribution in [1.29, 1.82) is 0 Å². The summed E-state index contributed by atoms with van der Waals surface area (Å²) < 4.78 is 29.9. The number of hydrogen-bond acceptors (Lipinski definition) is 7. The molecule has 3 aromatic rings. The van der Waals surface area contributed by atoms with Crippen LogP contribution in [0.15, 0.2) is 46.7 Å². The number of carbonyl (C=O) groups is 1. The van der Waals surface area contributed by atoms with Gasteiger partial charge in [0, 0.05) is 15.8 Å². The van der Waals surface area contributed by atoms with Gasteiger partial charge >= 0.3 is 0 Å². The van der Waals surface area contributed by atoms with Crippen LogP contribution in [0.25, 0.3) is 11.3 Å². The first kappa shape index (κ1) is 19.5. The van der Waals surface area contributed by atoms with E-state index in [1.54, 1.807) is 11.4 Å². The number of nitrogens with one attached hydrogen (secondary N) is 1. The SMILES string of the molecule is COc1ccc(F)cc1-c1csc(NC(=O)CSc2ccc3c(c2)OCCO3)n1. The van der Waals surface area contributed by atoms with E-state index in [2.05, 4.69) is 10.3 Å². The van der Waals surface area contributed by atoms with Gasteiger partial charge in [0.15, 0.2) is 16.6 Å². The van der Waals surface area contributed by atoms with E-state index in [-0.39, 0.29) is 17.5 Å². The van der Waals surface area contributed by atoms with Crippen LogP contribution in [-0.4, -0.2) is 37.0 Å². The van der Waals surface area contributed by atoms with Crippen LogP contribution in [0.3, 0.4) is 0 Å². The molecule has 0 saturated heterocycles. The molecule has 0 fully saturated rings. The molecule has 1 N–H and O–H groups in total. The summed E-state index contributed by atoms with van der Waals surface area (Å²) >= 11 is 2.66. The molecular weight excluding hydrogens is 415 g/mol. The van der Waals surface area contributed by atoms with Gasteiger partial charge in [-0.15, -0.1) is 23.1 Å². The minimum absolute atomic E-state index is 0.183. The number of thiazole rings is 1. The Balaban J connectivity index is 1.38. The molecule has 0 radical (unpaired) electrons. The Morgan fingerprint density at radius 1 is 1.24 bits per heavy atom. The van der Waals surface area contributed by atoms with Crippen LogP contribution in [0.2, 0.25) is 0 Å². The van der Waals surface area contributed by atoms with Crippen molar-refractivity contribution in [3.8, 4) is 28.5 Å². The van der Waals surface area contributed by atoms with Gasteiger partial charge < -0.3 is 19.5 Å². The molecule has 0 atom stereocenters. The minimum Gasteiger partial charge on any atom is -0.496 e. The molecule has 150 valence electrons. The fourth-order valence-electron chi connectivity index (χ4n) is 2.75. The molecule has 4 rings (SSSR count). The number of benzene rings is 2. The van der Waals surface area contributed by atoms with E-state index in [0.29, 0.717) is 46.9 Å². The molecule has 1 amide bonds. The molecule has 0 spiro atoms. The van der Waals surface area contributed by atoms with Gasteiger partial charge in [-0.3, -0.25) is 4.79 Å². The number of halogens is 1. The minimum atomic E-state index is -0.379. The monoisotopic (exact) mass is 432 g/mol. The van der Waals surface area contributed by atoms with Crippen molar-refractivity contribution >= 4 is 34.1 Å². The molecule has 0 unspecified atom stereocenters. The van der Waals surface area contributed by atoms with E-state index in [1.165, 1.54) is 42.3 Å². The highest BCUT2D eigenvalue weighted by Gasteiger charge is 2.15.